The van der Waals surface area contributed by atoms with Gasteiger partial charge in [0.15, 0.2) is 0 Å². The molecule has 0 amide bonds. The second-order valence-electron chi connectivity index (χ2n) is 5.04. The number of aryl methyl sites for hydroxylation is 3. The van der Waals surface area contributed by atoms with E-state index < -0.39 is 10.0 Å². The maximum Gasteiger partial charge on any atom is 0.241 e. The summed E-state index contributed by atoms with van der Waals surface area (Å²) in [6.07, 6.45) is 0. The van der Waals surface area contributed by atoms with Gasteiger partial charge in [0.05, 0.1) is 4.90 Å². The molecule has 1 N–H and O–H groups in total. The van der Waals surface area contributed by atoms with Crippen LogP contribution in [0.4, 0.5) is 0 Å². The van der Waals surface area contributed by atoms with Crippen LogP contribution in [-0.4, -0.2) is 8.42 Å². The van der Waals surface area contributed by atoms with E-state index >= 15 is 0 Å². The van der Waals surface area contributed by atoms with Gasteiger partial charge in [0, 0.05) is 6.54 Å². The number of hydrogen-bond donors (Lipinski definition) is 1. The Kier molecular flexibility index (Phi) is 4.26. The third-order valence-electron chi connectivity index (χ3n) is 3.18. The monoisotopic (exact) mass is 289 g/mol. The van der Waals surface area contributed by atoms with Crippen molar-refractivity contribution < 1.29 is 8.42 Å². The van der Waals surface area contributed by atoms with Crippen LogP contribution >= 0.6 is 0 Å². The molecule has 2 aromatic carbocycles. The van der Waals surface area contributed by atoms with Gasteiger partial charge in [-0.15, -0.1) is 0 Å². The predicted octanol–water partition coefficient (Wildman–Crippen LogP) is 3.09. The Labute approximate surface area is 120 Å². The Hall–Kier alpha value is -1.65. The first-order valence-corrected chi connectivity index (χ1v) is 8.00. The van der Waals surface area contributed by atoms with E-state index in [4.69, 9.17) is 0 Å². The fraction of sp³-hybridized carbons (Fsp3) is 0.250. The van der Waals surface area contributed by atoms with E-state index in [9.17, 15) is 8.42 Å². The Morgan fingerprint density at radius 1 is 0.950 bits per heavy atom. The summed E-state index contributed by atoms with van der Waals surface area (Å²) in [5.74, 6) is 0. The van der Waals surface area contributed by atoms with Crippen LogP contribution in [0, 0.1) is 20.8 Å². The van der Waals surface area contributed by atoms with Gasteiger partial charge in [-0.05, 0) is 37.5 Å². The van der Waals surface area contributed by atoms with Crippen LogP contribution < -0.4 is 4.72 Å². The molecule has 2 rings (SSSR count). The number of hydrogen-bond acceptors (Lipinski definition) is 2. The van der Waals surface area contributed by atoms with Gasteiger partial charge < -0.3 is 0 Å². The summed E-state index contributed by atoms with van der Waals surface area (Å²) in [4.78, 5) is 0.388. The summed E-state index contributed by atoms with van der Waals surface area (Å²) in [5.41, 5.74) is 3.58. The van der Waals surface area contributed by atoms with Crippen molar-refractivity contribution in [1.82, 2.24) is 4.72 Å². The van der Waals surface area contributed by atoms with Gasteiger partial charge in [-0.25, -0.2) is 13.1 Å². The smallest absolute Gasteiger partial charge is 0.207 e. The van der Waals surface area contributed by atoms with E-state index in [1.807, 2.05) is 63.2 Å². The summed E-state index contributed by atoms with van der Waals surface area (Å²) >= 11 is 0. The first-order chi connectivity index (χ1) is 9.40. The molecule has 0 saturated carbocycles. The van der Waals surface area contributed by atoms with Gasteiger partial charge in [-0.2, -0.15) is 0 Å². The summed E-state index contributed by atoms with van der Waals surface area (Å²) in [6, 6.07) is 13.3. The van der Waals surface area contributed by atoms with Crippen molar-refractivity contribution in [2.45, 2.75) is 32.2 Å². The van der Waals surface area contributed by atoms with Gasteiger partial charge in [0.25, 0.3) is 0 Å². The number of nitrogens with one attached hydrogen (secondary N) is 1. The third kappa shape index (κ3) is 3.26. The molecule has 2 aromatic rings. The predicted molar refractivity (Wildman–Crippen MR) is 81.1 cm³/mol. The maximum absolute atomic E-state index is 12.4. The summed E-state index contributed by atoms with van der Waals surface area (Å²) in [5, 5.41) is 0. The summed E-state index contributed by atoms with van der Waals surface area (Å²) < 4.78 is 27.6. The molecule has 4 heteroatoms. The van der Waals surface area contributed by atoms with E-state index in [0.29, 0.717) is 11.4 Å². The quantitative estimate of drug-likeness (QED) is 0.940. The van der Waals surface area contributed by atoms with Crippen molar-refractivity contribution in [1.29, 1.82) is 0 Å². The molecular weight excluding hydrogens is 270 g/mol. The molecule has 0 spiro atoms. The Morgan fingerprint density at radius 3 is 2.05 bits per heavy atom. The highest BCUT2D eigenvalue weighted by molar-refractivity contribution is 7.89. The van der Waals surface area contributed by atoms with Crippen molar-refractivity contribution in [2.75, 3.05) is 0 Å². The molecule has 0 heterocycles. The maximum atomic E-state index is 12.4. The molecule has 0 saturated heterocycles. The standard InChI is InChI=1S/C16H19NO2S/c1-12-9-13(2)16(14(3)10-12)20(18,19)17-11-15-7-5-4-6-8-15/h4-10,17H,11H2,1-3H3. The Bertz CT molecular complexity index is 684. The molecule has 0 radical (unpaired) electrons. The lowest BCUT2D eigenvalue weighted by Gasteiger charge is -2.13. The lowest BCUT2D eigenvalue weighted by molar-refractivity contribution is 0.580. The number of benzene rings is 2. The second kappa shape index (κ2) is 5.77. The molecule has 106 valence electrons. The zero-order valence-electron chi connectivity index (χ0n) is 12.0. The minimum atomic E-state index is -3.49. The molecule has 20 heavy (non-hydrogen) atoms. The Morgan fingerprint density at radius 2 is 1.50 bits per heavy atom. The molecule has 0 aliphatic rings. The van der Waals surface area contributed by atoms with Crippen molar-refractivity contribution in [3.63, 3.8) is 0 Å². The summed E-state index contributed by atoms with van der Waals surface area (Å²) in [7, 11) is -3.49. The van der Waals surface area contributed by atoms with Crippen molar-refractivity contribution >= 4 is 10.0 Å². The number of rotatable bonds is 4. The van der Waals surface area contributed by atoms with E-state index in [0.717, 1.165) is 22.3 Å². The normalized spacial score (nSPS) is 11.6. The van der Waals surface area contributed by atoms with E-state index in [2.05, 4.69) is 4.72 Å². The van der Waals surface area contributed by atoms with Crippen LogP contribution in [-0.2, 0) is 16.6 Å². The van der Waals surface area contributed by atoms with E-state index in [1.165, 1.54) is 0 Å². The number of sulfonamides is 1. The first-order valence-electron chi connectivity index (χ1n) is 6.51. The highest BCUT2D eigenvalue weighted by Gasteiger charge is 2.19. The fourth-order valence-electron chi connectivity index (χ4n) is 2.44. The molecule has 0 aliphatic carbocycles. The van der Waals surface area contributed by atoms with Gasteiger partial charge in [-0.1, -0.05) is 48.0 Å². The molecule has 0 fully saturated rings. The molecular formula is C16H19NO2S. The highest BCUT2D eigenvalue weighted by Crippen LogP contribution is 2.21. The topological polar surface area (TPSA) is 46.2 Å². The molecule has 0 atom stereocenters. The molecule has 0 aromatic heterocycles. The fourth-order valence-corrected chi connectivity index (χ4v) is 3.90. The van der Waals surface area contributed by atoms with Crippen LogP contribution in [0.25, 0.3) is 0 Å². The molecule has 0 aliphatic heterocycles. The van der Waals surface area contributed by atoms with Crippen molar-refractivity contribution in [3.8, 4) is 0 Å². The summed E-state index contributed by atoms with van der Waals surface area (Å²) in [6.45, 7) is 5.93. The van der Waals surface area contributed by atoms with Crippen LogP contribution in [0.15, 0.2) is 47.4 Å². The Balaban J connectivity index is 2.28. The molecule has 0 bridgehead atoms. The largest absolute Gasteiger partial charge is 0.241 e. The minimum Gasteiger partial charge on any atom is -0.207 e. The van der Waals surface area contributed by atoms with Gasteiger partial charge in [0.1, 0.15) is 0 Å². The van der Waals surface area contributed by atoms with Crippen molar-refractivity contribution in [2.24, 2.45) is 0 Å². The molecule has 0 unspecified atom stereocenters. The lowest BCUT2D eigenvalue weighted by Crippen LogP contribution is -2.24. The first kappa shape index (κ1) is 14.8. The third-order valence-corrected chi connectivity index (χ3v) is 4.89. The highest BCUT2D eigenvalue weighted by atomic mass is 32.2. The average molecular weight is 289 g/mol. The zero-order valence-corrected chi connectivity index (χ0v) is 12.8. The van der Waals surface area contributed by atoms with Gasteiger partial charge in [0.2, 0.25) is 10.0 Å². The second-order valence-corrected chi connectivity index (χ2v) is 6.74. The SMILES string of the molecule is Cc1cc(C)c(S(=O)(=O)NCc2ccccc2)c(C)c1. The van der Waals surface area contributed by atoms with Crippen molar-refractivity contribution in [3.05, 3.63) is 64.7 Å². The van der Waals surface area contributed by atoms with Crippen LogP contribution in [0.3, 0.4) is 0 Å². The molecule has 3 nitrogen and oxygen atoms in total. The van der Waals surface area contributed by atoms with E-state index in [-0.39, 0.29) is 0 Å². The van der Waals surface area contributed by atoms with E-state index in [1.54, 1.807) is 0 Å². The van der Waals surface area contributed by atoms with Crippen LogP contribution in [0.2, 0.25) is 0 Å². The minimum absolute atomic E-state index is 0.302. The van der Waals surface area contributed by atoms with Gasteiger partial charge >= 0.3 is 0 Å². The zero-order chi connectivity index (χ0) is 14.8. The van der Waals surface area contributed by atoms with Crippen LogP contribution in [0.5, 0.6) is 0 Å². The lowest BCUT2D eigenvalue weighted by atomic mass is 10.1. The van der Waals surface area contributed by atoms with Crippen LogP contribution in [0.1, 0.15) is 22.3 Å². The average Bonchev–Trinajstić information content (AvgIpc) is 2.36. The van der Waals surface area contributed by atoms with Gasteiger partial charge in [-0.3, -0.25) is 0 Å².